The van der Waals surface area contributed by atoms with Crippen LogP contribution in [0.4, 0.5) is 0 Å². The zero-order valence-corrected chi connectivity index (χ0v) is 12.7. The van der Waals surface area contributed by atoms with Gasteiger partial charge >= 0.3 is 5.69 Å². The number of aromatic nitrogens is 4. The molecule has 0 amide bonds. The van der Waals surface area contributed by atoms with E-state index in [1.807, 2.05) is 4.57 Å². The number of nitrogens with one attached hydrogen (secondary N) is 1. The molecule has 0 spiro atoms. The minimum absolute atomic E-state index is 0.372. The number of H-pyrrole nitrogens is 1. The van der Waals surface area contributed by atoms with Crippen molar-refractivity contribution in [3.05, 3.63) is 27.2 Å². The van der Waals surface area contributed by atoms with Gasteiger partial charge in [0.05, 0.1) is 19.5 Å². The summed E-state index contributed by atoms with van der Waals surface area (Å²) in [6, 6.07) is 0. The Kier molecular flexibility index (Phi) is 4.39. The van der Waals surface area contributed by atoms with E-state index in [2.05, 4.69) is 14.9 Å². The highest BCUT2D eigenvalue weighted by atomic mass is 16.5. The predicted octanol–water partition coefficient (Wildman–Crippen LogP) is -0.464. The molecule has 2 aromatic heterocycles. The van der Waals surface area contributed by atoms with Crippen LogP contribution in [-0.2, 0) is 18.3 Å². The second-order valence-corrected chi connectivity index (χ2v) is 5.59. The number of aryl methyl sites for hydroxylation is 2. The Labute approximate surface area is 127 Å². The Bertz CT molecular complexity index is 754. The zero-order valence-electron chi connectivity index (χ0n) is 12.7. The first-order chi connectivity index (χ1) is 10.7. The molecule has 22 heavy (non-hydrogen) atoms. The van der Waals surface area contributed by atoms with E-state index in [-0.39, 0.29) is 5.56 Å². The molecule has 0 unspecified atom stereocenters. The van der Waals surface area contributed by atoms with Gasteiger partial charge in [0.1, 0.15) is 0 Å². The fraction of sp³-hybridized carbons (Fsp3) is 0.643. The van der Waals surface area contributed by atoms with E-state index < -0.39 is 5.69 Å². The third-order valence-electron chi connectivity index (χ3n) is 4.10. The van der Waals surface area contributed by atoms with Crippen LogP contribution in [0.3, 0.4) is 0 Å². The topological polar surface area (TPSA) is 85.2 Å². The van der Waals surface area contributed by atoms with Gasteiger partial charge in [0.25, 0.3) is 5.56 Å². The smallest absolute Gasteiger partial charge is 0.329 e. The number of aromatic amines is 1. The molecule has 0 radical (unpaired) electrons. The summed E-state index contributed by atoms with van der Waals surface area (Å²) in [7, 11) is 1.61. The molecule has 3 rings (SSSR count). The quantitative estimate of drug-likeness (QED) is 0.755. The van der Waals surface area contributed by atoms with Gasteiger partial charge in [-0.15, -0.1) is 0 Å². The second-order valence-electron chi connectivity index (χ2n) is 5.59. The molecule has 0 aromatic carbocycles. The maximum Gasteiger partial charge on any atom is 0.329 e. The molecule has 1 N–H and O–H groups in total. The van der Waals surface area contributed by atoms with E-state index in [1.165, 1.54) is 4.57 Å². The maximum atomic E-state index is 12.0. The summed E-state index contributed by atoms with van der Waals surface area (Å²) in [6.07, 6.45) is 3.66. The van der Waals surface area contributed by atoms with Crippen LogP contribution >= 0.6 is 0 Å². The van der Waals surface area contributed by atoms with Gasteiger partial charge < -0.3 is 9.30 Å². The minimum Gasteiger partial charge on any atom is -0.379 e. The highest BCUT2D eigenvalue weighted by Crippen LogP contribution is 2.07. The van der Waals surface area contributed by atoms with E-state index in [0.29, 0.717) is 11.2 Å². The number of morpholine rings is 1. The van der Waals surface area contributed by atoms with Crippen LogP contribution in [0, 0.1) is 0 Å². The Morgan fingerprint density at radius 3 is 2.73 bits per heavy atom. The van der Waals surface area contributed by atoms with Gasteiger partial charge in [0, 0.05) is 26.7 Å². The van der Waals surface area contributed by atoms with Crippen LogP contribution in [0.1, 0.15) is 12.8 Å². The summed E-state index contributed by atoms with van der Waals surface area (Å²) in [5.41, 5.74) is 0.0919. The van der Waals surface area contributed by atoms with Crippen molar-refractivity contribution in [1.29, 1.82) is 0 Å². The van der Waals surface area contributed by atoms with Crippen LogP contribution in [0.5, 0.6) is 0 Å². The molecule has 3 heterocycles. The fourth-order valence-corrected chi connectivity index (χ4v) is 2.80. The van der Waals surface area contributed by atoms with Crippen molar-refractivity contribution in [2.45, 2.75) is 19.4 Å². The van der Waals surface area contributed by atoms with E-state index in [4.69, 9.17) is 4.74 Å². The molecule has 0 atom stereocenters. The van der Waals surface area contributed by atoms with Gasteiger partial charge in [0.2, 0.25) is 0 Å². The third-order valence-corrected chi connectivity index (χ3v) is 4.10. The fourth-order valence-electron chi connectivity index (χ4n) is 2.80. The molecule has 0 aliphatic carbocycles. The number of hydrogen-bond donors (Lipinski definition) is 1. The van der Waals surface area contributed by atoms with Crippen LogP contribution < -0.4 is 11.2 Å². The van der Waals surface area contributed by atoms with Gasteiger partial charge in [-0.05, 0) is 19.4 Å². The summed E-state index contributed by atoms with van der Waals surface area (Å²) >= 11 is 0. The summed E-state index contributed by atoms with van der Waals surface area (Å²) in [4.78, 5) is 32.4. The lowest BCUT2D eigenvalue weighted by Crippen LogP contribution is -2.36. The van der Waals surface area contributed by atoms with Crippen LogP contribution in [-0.4, -0.2) is 56.9 Å². The van der Waals surface area contributed by atoms with Crippen molar-refractivity contribution in [3.8, 4) is 0 Å². The van der Waals surface area contributed by atoms with Gasteiger partial charge in [-0.2, -0.15) is 0 Å². The SMILES string of the molecule is Cn1c(=O)[nH]c(=O)c2c1ncn2CCCCN1CCOCC1. The predicted molar refractivity (Wildman–Crippen MR) is 82.1 cm³/mol. The minimum atomic E-state index is -0.435. The van der Waals surface area contributed by atoms with Crippen molar-refractivity contribution < 1.29 is 4.74 Å². The monoisotopic (exact) mass is 307 g/mol. The number of ether oxygens (including phenoxy) is 1. The lowest BCUT2D eigenvalue weighted by atomic mass is 10.2. The van der Waals surface area contributed by atoms with E-state index in [0.717, 1.165) is 52.2 Å². The highest BCUT2D eigenvalue weighted by molar-refractivity contribution is 5.69. The molecule has 8 nitrogen and oxygen atoms in total. The number of hydrogen-bond acceptors (Lipinski definition) is 5. The van der Waals surface area contributed by atoms with Crippen LogP contribution in [0.25, 0.3) is 11.2 Å². The first kappa shape index (κ1) is 15.0. The Morgan fingerprint density at radius 1 is 1.23 bits per heavy atom. The van der Waals surface area contributed by atoms with Crippen molar-refractivity contribution >= 4 is 11.2 Å². The van der Waals surface area contributed by atoms with Gasteiger partial charge in [-0.25, -0.2) is 9.78 Å². The van der Waals surface area contributed by atoms with Crippen LogP contribution in [0.15, 0.2) is 15.9 Å². The number of nitrogens with zero attached hydrogens (tertiary/aromatic N) is 4. The van der Waals surface area contributed by atoms with Crippen molar-refractivity contribution in [2.24, 2.45) is 7.05 Å². The molecule has 1 aliphatic rings. The third kappa shape index (κ3) is 2.97. The highest BCUT2D eigenvalue weighted by Gasteiger charge is 2.12. The first-order valence-corrected chi connectivity index (χ1v) is 7.61. The molecule has 8 heteroatoms. The Balaban J connectivity index is 1.63. The maximum absolute atomic E-state index is 12.0. The lowest BCUT2D eigenvalue weighted by Gasteiger charge is -2.26. The largest absolute Gasteiger partial charge is 0.379 e. The first-order valence-electron chi connectivity index (χ1n) is 7.61. The standard InChI is InChI=1S/C14H21N5O3/c1-17-12-11(13(20)16-14(17)21)19(10-15-12)5-3-2-4-18-6-8-22-9-7-18/h10H,2-9H2,1H3,(H,16,20,21). The number of imidazole rings is 1. The molecule has 120 valence electrons. The molecule has 1 fully saturated rings. The lowest BCUT2D eigenvalue weighted by molar-refractivity contribution is 0.0371. The average Bonchev–Trinajstić information content (AvgIpc) is 2.95. The average molecular weight is 307 g/mol. The summed E-state index contributed by atoms with van der Waals surface area (Å²) < 4.78 is 8.52. The molecule has 1 aliphatic heterocycles. The molecular formula is C14H21N5O3. The van der Waals surface area contributed by atoms with E-state index >= 15 is 0 Å². The van der Waals surface area contributed by atoms with Gasteiger partial charge in [-0.3, -0.25) is 19.2 Å². The number of fused-ring (bicyclic) bond motifs is 1. The molecule has 2 aromatic rings. The Hall–Kier alpha value is -1.93. The second kappa shape index (κ2) is 6.45. The van der Waals surface area contributed by atoms with Crippen molar-refractivity contribution in [2.75, 3.05) is 32.8 Å². The van der Waals surface area contributed by atoms with Gasteiger partial charge in [0.15, 0.2) is 11.2 Å². The van der Waals surface area contributed by atoms with Gasteiger partial charge in [-0.1, -0.05) is 0 Å². The molecule has 0 bridgehead atoms. The van der Waals surface area contributed by atoms with E-state index in [1.54, 1.807) is 13.4 Å². The molecular weight excluding hydrogens is 286 g/mol. The molecule has 1 saturated heterocycles. The molecule has 0 saturated carbocycles. The normalized spacial score (nSPS) is 16.4. The van der Waals surface area contributed by atoms with Crippen molar-refractivity contribution in [1.82, 2.24) is 24.0 Å². The number of rotatable bonds is 5. The summed E-state index contributed by atoms with van der Waals surface area (Å²) in [5, 5.41) is 0. The van der Waals surface area contributed by atoms with Crippen LogP contribution in [0.2, 0.25) is 0 Å². The van der Waals surface area contributed by atoms with E-state index in [9.17, 15) is 9.59 Å². The van der Waals surface area contributed by atoms with Crippen molar-refractivity contribution in [3.63, 3.8) is 0 Å². The zero-order chi connectivity index (χ0) is 15.5. The summed E-state index contributed by atoms with van der Waals surface area (Å²) in [6.45, 7) is 5.39. The Morgan fingerprint density at radius 2 is 1.95 bits per heavy atom. The summed E-state index contributed by atoms with van der Waals surface area (Å²) in [5.74, 6) is 0. The number of unbranched alkanes of at least 4 members (excludes halogenated alkanes) is 1.